The zero-order chi connectivity index (χ0) is 25.1. The zero-order valence-electron chi connectivity index (χ0n) is 19.8. The molecule has 34 heavy (non-hydrogen) atoms. The highest BCUT2D eigenvalue weighted by Gasteiger charge is 2.32. The van der Waals surface area contributed by atoms with E-state index in [4.69, 9.17) is 4.74 Å². The monoisotopic (exact) mass is 491 g/mol. The van der Waals surface area contributed by atoms with Crippen LogP contribution in [0.5, 0.6) is 5.75 Å². The average Bonchev–Trinajstić information content (AvgIpc) is 3.14. The van der Waals surface area contributed by atoms with Gasteiger partial charge in [-0.15, -0.1) is 0 Å². The number of carbonyl (C=O) groups excluding carboxylic acids is 1. The molecule has 0 unspecified atom stereocenters. The highest BCUT2D eigenvalue weighted by atomic mass is 32.1. The number of alkyl halides is 3. The van der Waals surface area contributed by atoms with Crippen molar-refractivity contribution in [2.24, 2.45) is 10.9 Å². The van der Waals surface area contributed by atoms with Crippen LogP contribution in [-0.4, -0.2) is 14.8 Å². The number of rotatable bonds is 6. The minimum Gasteiger partial charge on any atom is -0.486 e. The minimum absolute atomic E-state index is 0.00805. The Balaban J connectivity index is 2.05. The molecule has 0 N–H and O–H groups in total. The number of hydrogen-bond acceptors (Lipinski definition) is 4. The molecule has 3 aromatic rings. The molecule has 0 saturated carbocycles. The standard InChI is InChI=1S/C25H28F3N3O2S/c1-16(2)12-17-14-31(24(3,4)5)34-23(17)30-22(32)20-13-18(25(26,27)28)9-10-21(20)33-15-19-8-6-7-11-29-19/h6-11,13-14,16H,12,15H2,1-5H3. The highest BCUT2D eigenvalue weighted by molar-refractivity contribution is 7.04. The molecule has 0 aliphatic heterocycles. The van der Waals surface area contributed by atoms with Crippen LogP contribution >= 0.6 is 11.5 Å². The highest BCUT2D eigenvalue weighted by Crippen LogP contribution is 2.33. The third-order valence-corrected chi connectivity index (χ3v) is 6.24. The summed E-state index contributed by atoms with van der Waals surface area (Å²) in [5.41, 5.74) is 0.0690. The fourth-order valence-corrected chi connectivity index (χ4v) is 4.18. The molecule has 0 radical (unpaired) electrons. The van der Waals surface area contributed by atoms with Crippen molar-refractivity contribution in [2.75, 3.05) is 0 Å². The summed E-state index contributed by atoms with van der Waals surface area (Å²) in [7, 11) is 0. The van der Waals surface area contributed by atoms with Gasteiger partial charge < -0.3 is 4.74 Å². The van der Waals surface area contributed by atoms with Gasteiger partial charge in [-0.2, -0.15) is 18.2 Å². The fourth-order valence-electron chi connectivity index (χ4n) is 3.16. The third-order valence-electron chi connectivity index (χ3n) is 4.86. The first kappa shape index (κ1) is 25.7. The van der Waals surface area contributed by atoms with E-state index in [1.807, 2.05) is 30.9 Å². The maximum atomic E-state index is 13.4. The average molecular weight is 492 g/mol. The van der Waals surface area contributed by atoms with Crippen LogP contribution in [0, 0.1) is 5.92 Å². The lowest BCUT2D eigenvalue weighted by Gasteiger charge is -2.19. The molecule has 0 fully saturated rings. The van der Waals surface area contributed by atoms with Crippen molar-refractivity contribution in [3.8, 4) is 5.75 Å². The van der Waals surface area contributed by atoms with E-state index in [9.17, 15) is 18.0 Å². The van der Waals surface area contributed by atoms with Crippen LogP contribution in [0.4, 0.5) is 13.2 Å². The van der Waals surface area contributed by atoms with Gasteiger partial charge in [-0.25, -0.2) is 0 Å². The summed E-state index contributed by atoms with van der Waals surface area (Å²) in [6.07, 6.45) is -0.362. The Morgan fingerprint density at radius 3 is 2.50 bits per heavy atom. The Morgan fingerprint density at radius 1 is 1.18 bits per heavy atom. The third kappa shape index (κ3) is 6.56. The van der Waals surface area contributed by atoms with E-state index in [-0.39, 0.29) is 23.5 Å². The van der Waals surface area contributed by atoms with Gasteiger partial charge in [0.25, 0.3) is 5.91 Å². The topological polar surface area (TPSA) is 56.5 Å². The maximum Gasteiger partial charge on any atom is 0.416 e. The van der Waals surface area contributed by atoms with E-state index in [0.717, 1.165) is 23.8 Å². The molecular weight excluding hydrogens is 463 g/mol. The Labute approximate surface area is 201 Å². The van der Waals surface area contributed by atoms with E-state index >= 15 is 0 Å². The summed E-state index contributed by atoms with van der Waals surface area (Å²) in [4.78, 5) is 21.6. The number of pyridine rings is 1. The van der Waals surface area contributed by atoms with Gasteiger partial charge in [0.1, 0.15) is 17.0 Å². The molecule has 2 aromatic heterocycles. The van der Waals surface area contributed by atoms with Crippen molar-refractivity contribution >= 4 is 17.4 Å². The Kier molecular flexibility index (Phi) is 7.65. The summed E-state index contributed by atoms with van der Waals surface area (Å²) in [6, 6.07) is 8.10. The second-order valence-corrected chi connectivity index (χ2v) is 10.3. The first-order chi connectivity index (χ1) is 15.8. The summed E-state index contributed by atoms with van der Waals surface area (Å²) in [6.45, 7) is 10.2. The second-order valence-electron chi connectivity index (χ2n) is 9.38. The Bertz CT molecular complexity index is 1210. The van der Waals surface area contributed by atoms with Gasteiger partial charge in [0.15, 0.2) is 0 Å². The summed E-state index contributed by atoms with van der Waals surface area (Å²) < 4.78 is 48.3. The molecule has 3 rings (SSSR count). The number of aromatic nitrogens is 2. The van der Waals surface area contributed by atoms with Gasteiger partial charge in [-0.1, -0.05) is 19.9 Å². The Morgan fingerprint density at radius 2 is 1.91 bits per heavy atom. The van der Waals surface area contributed by atoms with Gasteiger partial charge in [0.05, 0.1) is 16.8 Å². The molecule has 0 spiro atoms. The molecule has 182 valence electrons. The predicted octanol–water partition coefficient (Wildman–Crippen LogP) is 6.24. The van der Waals surface area contributed by atoms with Crippen LogP contribution in [-0.2, 0) is 24.7 Å². The first-order valence-electron chi connectivity index (χ1n) is 10.9. The molecule has 1 amide bonds. The van der Waals surface area contributed by atoms with Crippen molar-refractivity contribution in [1.29, 1.82) is 0 Å². The fraction of sp³-hybridized carbons (Fsp3) is 0.400. The molecule has 0 saturated heterocycles. The minimum atomic E-state index is -4.60. The Hall–Kier alpha value is -2.94. The molecule has 0 bridgehead atoms. The van der Waals surface area contributed by atoms with E-state index in [1.54, 1.807) is 24.4 Å². The first-order valence-corrected chi connectivity index (χ1v) is 11.7. The van der Waals surface area contributed by atoms with Gasteiger partial charge in [0, 0.05) is 23.5 Å². The number of amides is 1. The molecule has 0 aliphatic carbocycles. The second kappa shape index (κ2) is 10.1. The lowest BCUT2D eigenvalue weighted by Crippen LogP contribution is -2.18. The van der Waals surface area contributed by atoms with Crippen molar-refractivity contribution < 1.29 is 22.7 Å². The van der Waals surface area contributed by atoms with Gasteiger partial charge >= 0.3 is 6.18 Å². The number of nitrogens with zero attached hydrogens (tertiary/aromatic N) is 3. The molecule has 5 nitrogen and oxygen atoms in total. The van der Waals surface area contributed by atoms with E-state index < -0.39 is 17.6 Å². The number of carbonyl (C=O) groups is 1. The van der Waals surface area contributed by atoms with Gasteiger partial charge in [0.2, 0.25) is 0 Å². The summed E-state index contributed by atoms with van der Waals surface area (Å²) in [5.74, 6) is -0.439. The van der Waals surface area contributed by atoms with Crippen LogP contribution in [0.2, 0.25) is 0 Å². The van der Waals surface area contributed by atoms with Crippen LogP contribution in [0.1, 0.15) is 61.8 Å². The van der Waals surface area contributed by atoms with E-state index in [1.165, 1.54) is 11.5 Å². The van der Waals surface area contributed by atoms with Crippen LogP contribution in [0.25, 0.3) is 0 Å². The summed E-state index contributed by atoms with van der Waals surface area (Å²) in [5, 5.41) is 0. The van der Waals surface area contributed by atoms with Crippen LogP contribution in [0.15, 0.2) is 53.8 Å². The van der Waals surface area contributed by atoms with Gasteiger partial charge in [-0.05, 0) is 75.0 Å². The van der Waals surface area contributed by atoms with Crippen LogP contribution < -0.4 is 9.41 Å². The van der Waals surface area contributed by atoms with Crippen molar-refractivity contribution in [1.82, 2.24) is 8.94 Å². The SMILES string of the molecule is CC(C)Cc1cn(C(C)(C)C)sc1=NC(=O)c1cc(C(F)(F)F)ccc1OCc1ccccn1. The quantitative estimate of drug-likeness (QED) is 0.410. The molecular formula is C25H28F3N3O2S. The normalized spacial score (nSPS) is 12.9. The van der Waals surface area contributed by atoms with Crippen molar-refractivity contribution in [3.05, 3.63) is 75.8 Å². The van der Waals surface area contributed by atoms with Gasteiger partial charge in [-0.3, -0.25) is 13.7 Å². The lowest BCUT2D eigenvalue weighted by molar-refractivity contribution is -0.137. The molecule has 0 aliphatic rings. The van der Waals surface area contributed by atoms with Crippen molar-refractivity contribution in [3.63, 3.8) is 0 Å². The van der Waals surface area contributed by atoms with E-state index in [0.29, 0.717) is 22.7 Å². The van der Waals surface area contributed by atoms with Crippen molar-refractivity contribution in [2.45, 2.75) is 59.4 Å². The number of benzene rings is 1. The smallest absolute Gasteiger partial charge is 0.416 e. The lowest BCUT2D eigenvalue weighted by atomic mass is 10.1. The largest absolute Gasteiger partial charge is 0.486 e. The molecule has 2 heterocycles. The molecule has 0 atom stereocenters. The number of hydrogen-bond donors (Lipinski definition) is 0. The van der Waals surface area contributed by atoms with E-state index in [2.05, 4.69) is 23.8 Å². The summed E-state index contributed by atoms with van der Waals surface area (Å²) >= 11 is 1.31. The maximum absolute atomic E-state index is 13.4. The van der Waals surface area contributed by atoms with Crippen LogP contribution in [0.3, 0.4) is 0 Å². The molecule has 1 aromatic carbocycles. The zero-order valence-corrected chi connectivity index (χ0v) is 20.6. The molecule has 9 heteroatoms. The predicted molar refractivity (Wildman–Crippen MR) is 126 cm³/mol. The number of ether oxygens (including phenoxy) is 1. The number of halogens is 3.